The van der Waals surface area contributed by atoms with Gasteiger partial charge in [-0.3, -0.25) is 5.32 Å². The molecule has 2 rings (SSSR count). The van der Waals surface area contributed by atoms with Crippen LogP contribution in [-0.4, -0.2) is 24.7 Å². The zero-order valence-electron chi connectivity index (χ0n) is 10.3. The van der Waals surface area contributed by atoms with E-state index in [0.29, 0.717) is 12.0 Å². The highest BCUT2D eigenvalue weighted by Gasteiger charge is 2.41. The zero-order chi connectivity index (χ0) is 11.4. The number of piperidine rings is 1. The van der Waals surface area contributed by atoms with Gasteiger partial charge in [-0.1, -0.05) is 19.8 Å². The van der Waals surface area contributed by atoms with Crippen molar-refractivity contribution >= 4 is 0 Å². The summed E-state index contributed by atoms with van der Waals surface area (Å²) in [5.41, 5.74) is -0.255. The third-order valence-corrected chi connectivity index (χ3v) is 4.29. The normalized spacial score (nSPS) is 36.1. The molecule has 1 saturated heterocycles. The van der Waals surface area contributed by atoms with Crippen molar-refractivity contribution in [2.75, 3.05) is 13.1 Å². The molecule has 2 N–H and O–H groups in total. The van der Waals surface area contributed by atoms with Crippen LogP contribution in [-0.2, 0) is 0 Å². The predicted octanol–water partition coefficient (Wildman–Crippen LogP) is 1.80. The van der Waals surface area contributed by atoms with Crippen molar-refractivity contribution in [3.05, 3.63) is 0 Å². The Morgan fingerprint density at radius 2 is 2.19 bits per heavy atom. The lowest BCUT2D eigenvalue weighted by Crippen LogP contribution is -2.60. The third-order valence-electron chi connectivity index (χ3n) is 4.29. The molecule has 0 aromatic rings. The van der Waals surface area contributed by atoms with Gasteiger partial charge in [0.05, 0.1) is 6.07 Å². The van der Waals surface area contributed by atoms with Crippen molar-refractivity contribution < 1.29 is 0 Å². The molecular weight excluding hydrogens is 198 g/mol. The fourth-order valence-corrected chi connectivity index (χ4v) is 3.24. The molecule has 0 bridgehead atoms. The second-order valence-electron chi connectivity index (χ2n) is 5.27. The van der Waals surface area contributed by atoms with E-state index in [2.05, 4.69) is 23.6 Å². The fourth-order valence-electron chi connectivity index (χ4n) is 3.24. The molecule has 3 nitrogen and oxygen atoms in total. The summed E-state index contributed by atoms with van der Waals surface area (Å²) in [5.74, 6) is 0.465. The van der Waals surface area contributed by atoms with Crippen molar-refractivity contribution in [1.82, 2.24) is 10.6 Å². The van der Waals surface area contributed by atoms with E-state index in [1.807, 2.05) is 0 Å². The standard InChI is InChI=1S/C13H23N3/c1-2-11-9-15-8-7-13(11,10-14)16-12-5-3-4-6-12/h11-12,15-16H,2-9H2,1H3. The summed E-state index contributed by atoms with van der Waals surface area (Å²) < 4.78 is 0. The van der Waals surface area contributed by atoms with Crippen LogP contribution in [0, 0.1) is 17.2 Å². The van der Waals surface area contributed by atoms with Gasteiger partial charge in [0, 0.05) is 18.5 Å². The molecule has 1 aliphatic carbocycles. The summed E-state index contributed by atoms with van der Waals surface area (Å²) in [4.78, 5) is 0. The number of hydrogen-bond donors (Lipinski definition) is 2. The van der Waals surface area contributed by atoms with E-state index >= 15 is 0 Å². The largest absolute Gasteiger partial charge is 0.316 e. The van der Waals surface area contributed by atoms with Crippen LogP contribution in [0.15, 0.2) is 0 Å². The molecule has 1 saturated carbocycles. The van der Waals surface area contributed by atoms with E-state index < -0.39 is 0 Å². The highest BCUT2D eigenvalue weighted by Crippen LogP contribution is 2.30. The summed E-state index contributed by atoms with van der Waals surface area (Å²) in [6.45, 7) is 4.16. The molecule has 1 heterocycles. The van der Waals surface area contributed by atoms with Gasteiger partial charge in [-0.25, -0.2) is 0 Å². The molecule has 3 heteroatoms. The smallest absolute Gasteiger partial charge is 0.112 e. The Labute approximate surface area is 98.6 Å². The van der Waals surface area contributed by atoms with E-state index in [1.165, 1.54) is 25.7 Å². The van der Waals surface area contributed by atoms with Gasteiger partial charge in [0.2, 0.25) is 0 Å². The van der Waals surface area contributed by atoms with Crippen LogP contribution in [0.2, 0.25) is 0 Å². The lowest BCUT2D eigenvalue weighted by atomic mass is 9.77. The SMILES string of the molecule is CCC1CNCCC1(C#N)NC1CCCC1. The van der Waals surface area contributed by atoms with Gasteiger partial charge in [-0.2, -0.15) is 5.26 Å². The van der Waals surface area contributed by atoms with Gasteiger partial charge in [0.1, 0.15) is 5.54 Å². The quantitative estimate of drug-likeness (QED) is 0.764. The van der Waals surface area contributed by atoms with Crippen LogP contribution in [0.25, 0.3) is 0 Å². The number of nitrogens with one attached hydrogen (secondary N) is 2. The minimum atomic E-state index is -0.255. The highest BCUT2D eigenvalue weighted by atomic mass is 15.1. The van der Waals surface area contributed by atoms with E-state index in [-0.39, 0.29) is 5.54 Å². The van der Waals surface area contributed by atoms with E-state index in [4.69, 9.17) is 0 Å². The fraction of sp³-hybridized carbons (Fsp3) is 0.923. The van der Waals surface area contributed by atoms with Crippen molar-refractivity contribution in [3.8, 4) is 6.07 Å². The Bertz CT molecular complexity index is 265. The molecule has 2 atom stereocenters. The van der Waals surface area contributed by atoms with Crippen LogP contribution in [0.5, 0.6) is 0 Å². The van der Waals surface area contributed by atoms with Gasteiger partial charge in [0.25, 0.3) is 0 Å². The van der Waals surface area contributed by atoms with Crippen LogP contribution in [0.1, 0.15) is 45.4 Å². The molecule has 2 fully saturated rings. The maximum atomic E-state index is 9.56. The van der Waals surface area contributed by atoms with Crippen molar-refractivity contribution in [2.24, 2.45) is 5.92 Å². The minimum Gasteiger partial charge on any atom is -0.316 e. The molecular formula is C13H23N3. The first-order valence-corrected chi connectivity index (χ1v) is 6.70. The van der Waals surface area contributed by atoms with Crippen LogP contribution >= 0.6 is 0 Å². The molecule has 0 aromatic heterocycles. The second-order valence-corrected chi connectivity index (χ2v) is 5.27. The first-order chi connectivity index (χ1) is 7.80. The number of nitrogens with zero attached hydrogens (tertiary/aromatic N) is 1. The average molecular weight is 221 g/mol. The highest BCUT2D eigenvalue weighted by molar-refractivity contribution is 5.14. The van der Waals surface area contributed by atoms with Gasteiger partial charge in [0.15, 0.2) is 0 Å². The molecule has 16 heavy (non-hydrogen) atoms. The Morgan fingerprint density at radius 3 is 2.81 bits per heavy atom. The summed E-state index contributed by atoms with van der Waals surface area (Å²) >= 11 is 0. The number of hydrogen-bond acceptors (Lipinski definition) is 3. The van der Waals surface area contributed by atoms with Crippen LogP contribution in [0.4, 0.5) is 0 Å². The summed E-state index contributed by atoms with van der Waals surface area (Å²) in [5, 5.41) is 16.7. The monoisotopic (exact) mass is 221 g/mol. The third kappa shape index (κ3) is 2.23. The maximum absolute atomic E-state index is 9.56. The first-order valence-electron chi connectivity index (χ1n) is 6.70. The van der Waals surface area contributed by atoms with Gasteiger partial charge < -0.3 is 5.32 Å². The van der Waals surface area contributed by atoms with Gasteiger partial charge >= 0.3 is 0 Å². The van der Waals surface area contributed by atoms with E-state index in [1.54, 1.807) is 0 Å². The second kappa shape index (κ2) is 5.16. The first kappa shape index (κ1) is 11.9. The number of rotatable bonds is 3. The maximum Gasteiger partial charge on any atom is 0.112 e. The molecule has 0 aromatic carbocycles. The molecule has 2 unspecified atom stereocenters. The Balaban J connectivity index is 2.06. The topological polar surface area (TPSA) is 47.9 Å². The van der Waals surface area contributed by atoms with E-state index in [0.717, 1.165) is 25.9 Å². The zero-order valence-corrected chi connectivity index (χ0v) is 10.3. The summed E-state index contributed by atoms with van der Waals surface area (Å²) in [7, 11) is 0. The van der Waals surface area contributed by atoms with E-state index in [9.17, 15) is 5.26 Å². The Kier molecular flexibility index (Phi) is 3.83. The van der Waals surface area contributed by atoms with Crippen LogP contribution in [0.3, 0.4) is 0 Å². The molecule has 0 spiro atoms. The molecule has 2 aliphatic rings. The predicted molar refractivity (Wildman–Crippen MR) is 65.0 cm³/mol. The van der Waals surface area contributed by atoms with Crippen molar-refractivity contribution in [3.63, 3.8) is 0 Å². The average Bonchev–Trinajstić information content (AvgIpc) is 2.82. The van der Waals surface area contributed by atoms with Crippen LogP contribution < -0.4 is 10.6 Å². The summed E-state index contributed by atoms with van der Waals surface area (Å²) in [6, 6.07) is 3.18. The lowest BCUT2D eigenvalue weighted by molar-refractivity contribution is 0.187. The molecule has 0 radical (unpaired) electrons. The van der Waals surface area contributed by atoms with Gasteiger partial charge in [-0.15, -0.1) is 0 Å². The Morgan fingerprint density at radius 1 is 1.44 bits per heavy atom. The van der Waals surface area contributed by atoms with Crippen molar-refractivity contribution in [1.29, 1.82) is 5.26 Å². The summed E-state index contributed by atoms with van der Waals surface area (Å²) in [6.07, 6.45) is 7.21. The van der Waals surface area contributed by atoms with Gasteiger partial charge in [-0.05, 0) is 32.2 Å². The Hall–Kier alpha value is -0.590. The molecule has 1 aliphatic heterocycles. The molecule has 90 valence electrons. The molecule has 0 amide bonds. The number of nitriles is 1. The lowest BCUT2D eigenvalue weighted by Gasteiger charge is -2.41. The minimum absolute atomic E-state index is 0.255. The van der Waals surface area contributed by atoms with Crippen molar-refractivity contribution in [2.45, 2.75) is 57.0 Å².